The lowest BCUT2D eigenvalue weighted by atomic mass is 10.2. The Hall–Kier alpha value is -1.84. The fourth-order valence-corrected chi connectivity index (χ4v) is 1.69. The minimum Gasteiger partial charge on any atom is -0.346 e. The van der Waals surface area contributed by atoms with Crippen molar-refractivity contribution in [3.8, 4) is 0 Å². The van der Waals surface area contributed by atoms with Crippen molar-refractivity contribution in [2.24, 2.45) is 4.99 Å². The highest BCUT2D eigenvalue weighted by Gasteiger charge is 2.12. The maximum absolute atomic E-state index is 4.23. The van der Waals surface area contributed by atoms with Crippen LogP contribution in [0.2, 0.25) is 0 Å². The number of hydrogen-bond acceptors (Lipinski definition) is 3. The molecule has 0 aliphatic carbocycles. The molecule has 4 nitrogen and oxygen atoms in total. The molecule has 1 radical (unpaired) electrons. The molecule has 4 heteroatoms. The number of nitrogens with zero attached hydrogens (tertiary/aromatic N) is 3. The summed E-state index contributed by atoms with van der Waals surface area (Å²) < 4.78 is 0. The van der Waals surface area contributed by atoms with Crippen LogP contribution in [-0.4, -0.2) is 29.4 Å². The Bertz CT molecular complexity index is 486. The molecule has 0 bridgehead atoms. The third-order valence-electron chi connectivity index (χ3n) is 2.35. The van der Waals surface area contributed by atoms with Crippen LogP contribution in [-0.2, 0) is 0 Å². The van der Waals surface area contributed by atoms with Gasteiger partial charge in [-0.2, -0.15) is 0 Å². The lowest BCUT2D eigenvalue weighted by molar-refractivity contribution is 1.03. The van der Waals surface area contributed by atoms with E-state index in [2.05, 4.69) is 21.3 Å². The summed E-state index contributed by atoms with van der Waals surface area (Å²) in [5.74, 6) is 0. The summed E-state index contributed by atoms with van der Waals surface area (Å²) in [6, 6.07) is 4.02. The molecule has 69 valence electrons. The van der Waals surface area contributed by atoms with E-state index in [0.29, 0.717) is 0 Å². The molecule has 0 aromatic carbocycles. The molecule has 0 saturated carbocycles. The van der Waals surface area contributed by atoms with Gasteiger partial charge in [-0.1, -0.05) is 0 Å². The fraction of sp³-hybridized carbons (Fsp3) is 0.200. The van der Waals surface area contributed by atoms with Gasteiger partial charge in [-0.3, -0.25) is 4.99 Å². The lowest BCUT2D eigenvalue weighted by Gasteiger charge is -2.13. The Kier molecular flexibility index (Phi) is 1.53. The van der Waals surface area contributed by atoms with Crippen LogP contribution >= 0.6 is 0 Å². The second-order valence-electron chi connectivity index (χ2n) is 3.20. The summed E-state index contributed by atoms with van der Waals surface area (Å²) in [6.45, 7) is 1.73. The highest BCUT2D eigenvalue weighted by Crippen LogP contribution is 2.24. The maximum atomic E-state index is 4.23. The van der Waals surface area contributed by atoms with Crippen LogP contribution in [0.1, 0.15) is 0 Å². The van der Waals surface area contributed by atoms with E-state index in [9.17, 15) is 0 Å². The van der Waals surface area contributed by atoms with Gasteiger partial charge in [-0.25, -0.2) is 4.98 Å². The van der Waals surface area contributed by atoms with Gasteiger partial charge in [0.25, 0.3) is 0 Å². The zero-order valence-electron chi connectivity index (χ0n) is 7.57. The summed E-state index contributed by atoms with van der Waals surface area (Å²) in [4.78, 5) is 13.4. The Labute approximate surface area is 81.3 Å². The van der Waals surface area contributed by atoms with E-state index in [1.807, 2.05) is 23.2 Å². The minimum atomic E-state index is 0.828. The van der Waals surface area contributed by atoms with Crippen LogP contribution < -0.4 is 4.90 Å². The first kappa shape index (κ1) is 7.55. The molecule has 14 heavy (non-hydrogen) atoms. The molecule has 0 amide bonds. The molecule has 0 unspecified atom stereocenters. The predicted octanol–water partition coefficient (Wildman–Crippen LogP) is 1.29. The maximum Gasteiger partial charge on any atom is 0.172 e. The molecular formula is C10H9N4. The van der Waals surface area contributed by atoms with E-state index in [-0.39, 0.29) is 0 Å². The molecule has 1 aliphatic heterocycles. The highest BCUT2D eigenvalue weighted by molar-refractivity contribution is 5.96. The van der Waals surface area contributed by atoms with Gasteiger partial charge in [-0.15, -0.1) is 0 Å². The van der Waals surface area contributed by atoms with Crippen LogP contribution in [0.3, 0.4) is 0 Å². The zero-order chi connectivity index (χ0) is 9.38. The average molecular weight is 185 g/mol. The summed E-state index contributed by atoms with van der Waals surface area (Å²) in [5.41, 5.74) is 2.04. The fourth-order valence-electron chi connectivity index (χ4n) is 1.69. The van der Waals surface area contributed by atoms with E-state index < -0.39 is 0 Å². The first-order chi connectivity index (χ1) is 6.95. The van der Waals surface area contributed by atoms with Gasteiger partial charge in [0.15, 0.2) is 6.34 Å². The number of anilines is 1. The first-order valence-electron chi connectivity index (χ1n) is 4.57. The SMILES string of the molecule is [C]1=NCCN1c1ccnc2[nH]ccc12. The minimum absolute atomic E-state index is 0.828. The molecule has 3 rings (SSSR count). The summed E-state index contributed by atoms with van der Waals surface area (Å²) in [5, 5.41) is 1.12. The van der Waals surface area contributed by atoms with Crippen molar-refractivity contribution in [1.82, 2.24) is 9.97 Å². The van der Waals surface area contributed by atoms with Crippen LogP contribution in [0.25, 0.3) is 11.0 Å². The number of nitrogens with one attached hydrogen (secondary N) is 1. The zero-order valence-corrected chi connectivity index (χ0v) is 7.57. The third-order valence-corrected chi connectivity index (χ3v) is 2.35. The topological polar surface area (TPSA) is 44.3 Å². The predicted molar refractivity (Wildman–Crippen MR) is 55.7 cm³/mol. The van der Waals surface area contributed by atoms with Crippen LogP contribution in [0.15, 0.2) is 29.5 Å². The third kappa shape index (κ3) is 1.00. The van der Waals surface area contributed by atoms with Crippen molar-refractivity contribution in [2.75, 3.05) is 18.0 Å². The molecule has 0 fully saturated rings. The van der Waals surface area contributed by atoms with Gasteiger partial charge in [0.1, 0.15) is 5.65 Å². The van der Waals surface area contributed by atoms with Crippen LogP contribution in [0.4, 0.5) is 5.69 Å². The van der Waals surface area contributed by atoms with Gasteiger partial charge in [0.05, 0.1) is 12.2 Å². The van der Waals surface area contributed by atoms with E-state index in [0.717, 1.165) is 29.8 Å². The number of hydrogen-bond donors (Lipinski definition) is 1. The Morgan fingerprint density at radius 2 is 2.43 bits per heavy atom. The number of aromatic nitrogens is 2. The standard InChI is InChI=1S/C10H9N4/c1-3-12-10-8(1)9(2-4-13-10)14-6-5-11-7-14/h1-4H,5-6H2,(H,12,13). The van der Waals surface area contributed by atoms with Gasteiger partial charge >= 0.3 is 0 Å². The van der Waals surface area contributed by atoms with Crippen molar-refractivity contribution in [1.29, 1.82) is 0 Å². The highest BCUT2D eigenvalue weighted by atomic mass is 15.2. The van der Waals surface area contributed by atoms with Crippen molar-refractivity contribution in [3.63, 3.8) is 0 Å². The molecular weight excluding hydrogens is 176 g/mol. The van der Waals surface area contributed by atoms with Crippen molar-refractivity contribution in [2.45, 2.75) is 0 Å². The molecule has 1 aliphatic rings. The number of H-pyrrole nitrogens is 1. The first-order valence-corrected chi connectivity index (χ1v) is 4.57. The monoisotopic (exact) mass is 185 g/mol. The van der Waals surface area contributed by atoms with Crippen molar-refractivity contribution in [3.05, 3.63) is 24.5 Å². The Balaban J connectivity index is 2.19. The van der Waals surface area contributed by atoms with E-state index >= 15 is 0 Å². The number of pyridine rings is 1. The van der Waals surface area contributed by atoms with E-state index in [1.54, 1.807) is 6.20 Å². The van der Waals surface area contributed by atoms with Gasteiger partial charge in [0.2, 0.25) is 0 Å². The number of aromatic amines is 1. The van der Waals surface area contributed by atoms with E-state index in [4.69, 9.17) is 0 Å². The van der Waals surface area contributed by atoms with Crippen LogP contribution in [0, 0.1) is 0 Å². The Morgan fingerprint density at radius 3 is 3.29 bits per heavy atom. The average Bonchev–Trinajstić information content (AvgIpc) is 2.88. The normalized spacial score (nSPS) is 15.6. The van der Waals surface area contributed by atoms with E-state index in [1.165, 1.54) is 0 Å². The smallest absolute Gasteiger partial charge is 0.172 e. The van der Waals surface area contributed by atoms with Gasteiger partial charge in [0, 0.05) is 24.3 Å². The van der Waals surface area contributed by atoms with Gasteiger partial charge in [-0.05, 0) is 12.1 Å². The number of rotatable bonds is 1. The second-order valence-corrected chi connectivity index (χ2v) is 3.20. The molecule has 1 N–H and O–H groups in total. The molecule has 2 aromatic heterocycles. The second kappa shape index (κ2) is 2.83. The Morgan fingerprint density at radius 1 is 1.43 bits per heavy atom. The summed E-state index contributed by atoms with van der Waals surface area (Å²) >= 11 is 0. The van der Waals surface area contributed by atoms with Crippen molar-refractivity contribution >= 4 is 23.1 Å². The molecule has 0 spiro atoms. The number of fused-ring (bicyclic) bond motifs is 1. The molecule has 0 saturated heterocycles. The molecule has 2 aromatic rings. The van der Waals surface area contributed by atoms with Crippen molar-refractivity contribution < 1.29 is 0 Å². The summed E-state index contributed by atoms with van der Waals surface area (Å²) in [7, 11) is 0. The van der Waals surface area contributed by atoms with Gasteiger partial charge < -0.3 is 9.88 Å². The molecule has 0 atom stereocenters. The molecule has 3 heterocycles. The number of aliphatic imine (C=N–C) groups is 1. The quantitative estimate of drug-likeness (QED) is 0.727. The van der Waals surface area contributed by atoms with Crippen LogP contribution in [0.5, 0.6) is 0 Å². The summed E-state index contributed by atoms with van der Waals surface area (Å²) in [6.07, 6.45) is 6.67. The largest absolute Gasteiger partial charge is 0.346 e. The lowest BCUT2D eigenvalue weighted by Crippen LogP contribution is -2.18.